The van der Waals surface area contributed by atoms with Crippen molar-refractivity contribution in [1.29, 1.82) is 0 Å². The van der Waals surface area contributed by atoms with Crippen LogP contribution in [0.1, 0.15) is 28.9 Å². The third-order valence-corrected chi connectivity index (χ3v) is 5.19. The Balaban J connectivity index is 1.81. The summed E-state index contributed by atoms with van der Waals surface area (Å²) in [6, 6.07) is 15.2. The fraction of sp³-hybridized carbons (Fsp3) is 0.100. The van der Waals surface area contributed by atoms with Gasteiger partial charge >= 0.3 is 11.4 Å². The van der Waals surface area contributed by atoms with Gasteiger partial charge in [0.25, 0.3) is 5.91 Å². The zero-order chi connectivity index (χ0) is 21.0. The number of amides is 1. The van der Waals surface area contributed by atoms with Gasteiger partial charge in [-0.05, 0) is 55.0 Å². The van der Waals surface area contributed by atoms with E-state index in [0.717, 1.165) is 0 Å². The van der Waals surface area contributed by atoms with Crippen molar-refractivity contribution in [3.63, 3.8) is 0 Å². The third-order valence-electron chi connectivity index (χ3n) is 4.10. The van der Waals surface area contributed by atoms with E-state index in [1.165, 1.54) is 12.1 Å². The minimum Gasteiger partial charge on any atom is -0.322 e. The molecule has 0 aliphatic rings. The lowest BCUT2D eigenvalue weighted by molar-refractivity contribution is 0.102. The van der Waals surface area contributed by atoms with Gasteiger partial charge in [-0.15, -0.1) is 0 Å². The molecule has 0 radical (unpaired) electrons. The highest BCUT2D eigenvalue weighted by atomic mass is 35.5. The Kier molecular flexibility index (Phi) is 7.00. The number of aromatic nitrogens is 1. The number of carbonyl (C=O) groups excluding carboxylic acids is 1. The molecule has 2 atom stereocenters. The van der Waals surface area contributed by atoms with Gasteiger partial charge < -0.3 is 5.32 Å². The molecular formula is C20H16Cl2N2O4S. The number of anilines is 1. The summed E-state index contributed by atoms with van der Waals surface area (Å²) < 4.78 is 24.4. The second-order valence-electron chi connectivity index (χ2n) is 6.06. The Morgan fingerprint density at radius 2 is 1.93 bits per heavy atom. The quantitative estimate of drug-likeness (QED) is 0.482. The van der Waals surface area contributed by atoms with Crippen LogP contribution in [0.25, 0.3) is 11.3 Å². The fourth-order valence-corrected chi connectivity index (χ4v) is 3.51. The molecule has 0 saturated carbocycles. The minimum atomic E-state index is -2.40. The maximum absolute atomic E-state index is 12.7. The predicted octanol–water partition coefficient (Wildman–Crippen LogP) is 5.52. The first-order chi connectivity index (χ1) is 13.8. The van der Waals surface area contributed by atoms with Crippen molar-refractivity contribution in [3.05, 3.63) is 82.0 Å². The summed E-state index contributed by atoms with van der Waals surface area (Å²) in [5, 5.41) is 3.49. The van der Waals surface area contributed by atoms with E-state index in [0.29, 0.717) is 27.5 Å². The van der Waals surface area contributed by atoms with Crippen molar-refractivity contribution in [3.8, 4) is 11.3 Å². The van der Waals surface area contributed by atoms with E-state index >= 15 is 0 Å². The van der Waals surface area contributed by atoms with E-state index in [2.05, 4.69) is 10.3 Å². The van der Waals surface area contributed by atoms with E-state index in [4.69, 9.17) is 31.9 Å². The Bertz CT molecular complexity index is 1060. The molecule has 9 heteroatoms. The minimum absolute atomic E-state index is 0.193. The van der Waals surface area contributed by atoms with E-state index in [1.54, 1.807) is 43.5 Å². The van der Waals surface area contributed by atoms with E-state index in [-0.39, 0.29) is 10.6 Å². The highest BCUT2D eigenvalue weighted by Gasteiger charge is 2.16. The van der Waals surface area contributed by atoms with Crippen LogP contribution in [0.2, 0.25) is 10.0 Å². The van der Waals surface area contributed by atoms with Crippen LogP contribution in [-0.4, -0.2) is 19.7 Å². The Morgan fingerprint density at radius 1 is 1.14 bits per heavy atom. The maximum Gasteiger partial charge on any atom is 0.302 e. The molecule has 29 heavy (non-hydrogen) atoms. The molecule has 3 aromatic rings. The first-order valence-electron chi connectivity index (χ1n) is 8.45. The van der Waals surface area contributed by atoms with Gasteiger partial charge in [0, 0.05) is 17.4 Å². The van der Waals surface area contributed by atoms with Crippen LogP contribution in [0.15, 0.2) is 60.8 Å². The van der Waals surface area contributed by atoms with Crippen LogP contribution < -0.4 is 5.32 Å². The van der Waals surface area contributed by atoms with Crippen molar-refractivity contribution in [2.75, 3.05) is 5.32 Å². The monoisotopic (exact) mass is 450 g/mol. The van der Waals surface area contributed by atoms with Crippen LogP contribution in [0.5, 0.6) is 0 Å². The topological polar surface area (TPSA) is 88.5 Å². The van der Waals surface area contributed by atoms with Gasteiger partial charge in [-0.2, -0.15) is 4.21 Å². The van der Waals surface area contributed by atoms with Gasteiger partial charge in [-0.25, -0.2) is 0 Å². The molecule has 1 heterocycles. The molecule has 3 rings (SSSR count). The molecule has 0 aliphatic heterocycles. The molecule has 2 aromatic carbocycles. The van der Waals surface area contributed by atoms with E-state index in [1.807, 2.05) is 12.1 Å². The number of rotatable bonds is 6. The van der Waals surface area contributed by atoms with Gasteiger partial charge in [-0.1, -0.05) is 35.3 Å². The second kappa shape index (κ2) is 9.47. The lowest BCUT2D eigenvalue weighted by atomic mass is 10.1. The van der Waals surface area contributed by atoms with Gasteiger partial charge in [0.2, 0.25) is 0 Å². The average molecular weight is 451 g/mol. The van der Waals surface area contributed by atoms with Crippen LogP contribution in [0, 0.1) is 0 Å². The van der Waals surface area contributed by atoms with Crippen LogP contribution in [0.4, 0.5) is 5.69 Å². The first-order valence-corrected chi connectivity index (χ1v) is 10.2. The van der Waals surface area contributed by atoms with E-state index in [9.17, 15) is 9.00 Å². The summed E-state index contributed by atoms with van der Waals surface area (Å²) in [6.07, 6.45) is 1.00. The van der Waals surface area contributed by atoms with Crippen LogP contribution >= 0.6 is 23.2 Å². The standard InChI is InChI=1S/C20H16Cl2N2O4S/c1-12(28-29(26)27)13-5-7-15(18(22)10-13)20(25)24-14-6-8-17(21)16(11-14)19-4-2-3-9-23-19/h2-12H,1H3,(H,24,25)(H,26,27). The maximum atomic E-state index is 12.7. The SMILES string of the molecule is CC(OS(=O)O)c1ccc(C(=O)Nc2ccc(Cl)c(-c3ccccn3)c2)c(Cl)c1. The summed E-state index contributed by atoms with van der Waals surface area (Å²) in [4.78, 5) is 16.9. The van der Waals surface area contributed by atoms with Crippen molar-refractivity contribution in [1.82, 2.24) is 4.98 Å². The molecule has 1 amide bonds. The molecular weight excluding hydrogens is 435 g/mol. The van der Waals surface area contributed by atoms with Crippen molar-refractivity contribution >= 4 is 46.2 Å². The number of halogens is 2. The summed E-state index contributed by atoms with van der Waals surface area (Å²) in [5.74, 6) is -0.407. The summed E-state index contributed by atoms with van der Waals surface area (Å²) in [7, 11) is 0. The molecule has 0 saturated heterocycles. The predicted molar refractivity (Wildman–Crippen MR) is 114 cm³/mol. The zero-order valence-corrected chi connectivity index (χ0v) is 17.5. The summed E-state index contributed by atoms with van der Waals surface area (Å²) in [5.41, 5.74) is 2.73. The molecule has 2 N–H and O–H groups in total. The summed E-state index contributed by atoms with van der Waals surface area (Å²) in [6.45, 7) is 1.60. The van der Waals surface area contributed by atoms with Crippen molar-refractivity contribution in [2.45, 2.75) is 13.0 Å². The van der Waals surface area contributed by atoms with Gasteiger partial charge in [0.1, 0.15) is 0 Å². The fourth-order valence-electron chi connectivity index (χ4n) is 2.67. The van der Waals surface area contributed by atoms with E-state index < -0.39 is 23.4 Å². The Morgan fingerprint density at radius 3 is 2.59 bits per heavy atom. The lowest BCUT2D eigenvalue weighted by Crippen LogP contribution is -2.13. The molecule has 1 aromatic heterocycles. The molecule has 2 unspecified atom stereocenters. The highest BCUT2D eigenvalue weighted by molar-refractivity contribution is 7.74. The number of carbonyl (C=O) groups is 1. The Labute approximate surface area is 180 Å². The van der Waals surface area contributed by atoms with Crippen LogP contribution in [0.3, 0.4) is 0 Å². The largest absolute Gasteiger partial charge is 0.322 e. The normalized spacial score (nSPS) is 13.0. The smallest absolute Gasteiger partial charge is 0.302 e. The zero-order valence-electron chi connectivity index (χ0n) is 15.1. The van der Waals surface area contributed by atoms with Crippen LogP contribution in [-0.2, 0) is 15.5 Å². The number of hydrogen-bond donors (Lipinski definition) is 2. The molecule has 0 bridgehead atoms. The lowest BCUT2D eigenvalue weighted by Gasteiger charge is -2.13. The number of nitrogens with zero attached hydrogens (tertiary/aromatic N) is 1. The molecule has 0 aliphatic carbocycles. The summed E-state index contributed by atoms with van der Waals surface area (Å²) >= 11 is 10.1. The molecule has 6 nitrogen and oxygen atoms in total. The Hall–Kier alpha value is -2.29. The number of nitrogens with one attached hydrogen (secondary N) is 1. The number of pyridine rings is 1. The van der Waals surface area contributed by atoms with Gasteiger partial charge in [0.05, 0.1) is 27.4 Å². The van der Waals surface area contributed by atoms with Gasteiger partial charge in [-0.3, -0.25) is 18.5 Å². The number of benzene rings is 2. The first kappa shape index (κ1) is 21.4. The molecule has 150 valence electrons. The second-order valence-corrected chi connectivity index (χ2v) is 7.50. The third kappa shape index (κ3) is 5.41. The van der Waals surface area contributed by atoms with Gasteiger partial charge in [0.15, 0.2) is 0 Å². The van der Waals surface area contributed by atoms with Crippen molar-refractivity contribution < 1.29 is 17.7 Å². The number of hydrogen-bond acceptors (Lipinski definition) is 4. The molecule has 0 spiro atoms. The molecule has 0 fully saturated rings. The average Bonchev–Trinajstić information content (AvgIpc) is 2.69. The highest BCUT2D eigenvalue weighted by Crippen LogP contribution is 2.30. The van der Waals surface area contributed by atoms with Crippen molar-refractivity contribution in [2.24, 2.45) is 0 Å².